The van der Waals surface area contributed by atoms with E-state index in [1.54, 1.807) is 0 Å². The monoisotopic (exact) mass is 253 g/mol. The van der Waals surface area contributed by atoms with Gasteiger partial charge in [-0.3, -0.25) is 4.98 Å². The molecule has 72 valence electrons. The van der Waals surface area contributed by atoms with Crippen LogP contribution in [0.15, 0.2) is 10.7 Å². The molecule has 0 saturated heterocycles. The molecule has 1 heterocycles. The smallest absolute Gasteiger partial charge is 0.281 e. The van der Waals surface area contributed by atoms with Crippen LogP contribution in [0.3, 0.4) is 0 Å². The van der Waals surface area contributed by atoms with Gasteiger partial charge in [0.25, 0.3) is 6.43 Å². The SMILES string of the molecule is OCc1c(O)cnc(C(F)F)c1Br. The maximum atomic E-state index is 12.2. The average molecular weight is 254 g/mol. The van der Waals surface area contributed by atoms with Gasteiger partial charge in [-0.1, -0.05) is 0 Å². The minimum absolute atomic E-state index is 0.0188. The van der Waals surface area contributed by atoms with Crippen LogP contribution in [0.4, 0.5) is 8.78 Å². The molecular formula is C7H6BrF2NO2. The minimum atomic E-state index is -2.74. The van der Waals surface area contributed by atoms with Crippen molar-refractivity contribution in [3.05, 3.63) is 21.9 Å². The Labute approximate surface area is 81.2 Å². The van der Waals surface area contributed by atoms with Crippen molar-refractivity contribution >= 4 is 15.9 Å². The molecule has 0 atom stereocenters. The van der Waals surface area contributed by atoms with E-state index in [1.165, 1.54) is 0 Å². The summed E-state index contributed by atoms with van der Waals surface area (Å²) < 4.78 is 24.4. The summed E-state index contributed by atoms with van der Waals surface area (Å²) in [4.78, 5) is 3.33. The van der Waals surface area contributed by atoms with Gasteiger partial charge in [0.1, 0.15) is 11.4 Å². The predicted octanol–water partition coefficient (Wildman–Crippen LogP) is 1.98. The molecule has 0 aromatic carbocycles. The summed E-state index contributed by atoms with van der Waals surface area (Å²) >= 11 is 2.83. The molecule has 0 spiro atoms. The highest BCUT2D eigenvalue weighted by atomic mass is 79.9. The molecule has 0 bridgehead atoms. The fourth-order valence-electron chi connectivity index (χ4n) is 0.835. The number of hydrogen-bond acceptors (Lipinski definition) is 3. The predicted molar refractivity (Wildman–Crippen MR) is 44.5 cm³/mol. The summed E-state index contributed by atoms with van der Waals surface area (Å²) in [6.45, 7) is -0.519. The van der Waals surface area contributed by atoms with Crippen molar-refractivity contribution in [2.45, 2.75) is 13.0 Å². The van der Waals surface area contributed by atoms with E-state index in [0.29, 0.717) is 0 Å². The molecule has 2 N–H and O–H groups in total. The van der Waals surface area contributed by atoms with E-state index in [0.717, 1.165) is 6.20 Å². The third-order valence-corrected chi connectivity index (χ3v) is 2.37. The van der Waals surface area contributed by atoms with Crippen LogP contribution in [0.5, 0.6) is 5.75 Å². The highest BCUT2D eigenvalue weighted by Gasteiger charge is 2.18. The Morgan fingerprint density at radius 3 is 2.62 bits per heavy atom. The van der Waals surface area contributed by atoms with Crippen LogP contribution in [0.1, 0.15) is 17.7 Å². The first-order valence-electron chi connectivity index (χ1n) is 3.33. The van der Waals surface area contributed by atoms with Crippen LogP contribution in [0, 0.1) is 0 Å². The van der Waals surface area contributed by atoms with Gasteiger partial charge >= 0.3 is 0 Å². The maximum Gasteiger partial charge on any atom is 0.281 e. The molecular weight excluding hydrogens is 248 g/mol. The van der Waals surface area contributed by atoms with Crippen molar-refractivity contribution in [2.24, 2.45) is 0 Å². The van der Waals surface area contributed by atoms with E-state index in [9.17, 15) is 8.78 Å². The van der Waals surface area contributed by atoms with Crippen molar-refractivity contribution < 1.29 is 19.0 Å². The van der Waals surface area contributed by atoms with E-state index < -0.39 is 18.7 Å². The van der Waals surface area contributed by atoms with Crippen LogP contribution < -0.4 is 0 Å². The summed E-state index contributed by atoms with van der Waals surface area (Å²) in [5, 5.41) is 17.8. The molecule has 1 aromatic heterocycles. The standard InChI is InChI=1S/C7H6BrF2NO2/c8-5-3(2-12)4(13)1-11-6(5)7(9)10/h1,7,12-13H,2H2. The maximum absolute atomic E-state index is 12.2. The fraction of sp³-hybridized carbons (Fsp3) is 0.286. The Kier molecular flexibility index (Phi) is 3.16. The third kappa shape index (κ3) is 1.94. The molecule has 1 aromatic rings. The van der Waals surface area contributed by atoms with Gasteiger partial charge in [-0.25, -0.2) is 8.78 Å². The van der Waals surface area contributed by atoms with Crippen LogP contribution in [0.2, 0.25) is 0 Å². The van der Waals surface area contributed by atoms with Crippen LogP contribution in [-0.2, 0) is 6.61 Å². The number of rotatable bonds is 2. The molecule has 13 heavy (non-hydrogen) atoms. The zero-order valence-electron chi connectivity index (χ0n) is 6.34. The number of aliphatic hydroxyl groups excluding tert-OH is 1. The third-order valence-electron chi connectivity index (χ3n) is 1.49. The van der Waals surface area contributed by atoms with Crippen molar-refractivity contribution in [2.75, 3.05) is 0 Å². The van der Waals surface area contributed by atoms with Crippen LogP contribution >= 0.6 is 15.9 Å². The van der Waals surface area contributed by atoms with Gasteiger partial charge in [-0.15, -0.1) is 0 Å². The second-order valence-electron chi connectivity index (χ2n) is 2.28. The second kappa shape index (κ2) is 3.97. The number of halogens is 3. The quantitative estimate of drug-likeness (QED) is 0.848. The second-order valence-corrected chi connectivity index (χ2v) is 3.07. The van der Waals surface area contributed by atoms with Crippen molar-refractivity contribution in [3.8, 4) is 5.75 Å². The summed E-state index contributed by atoms with van der Waals surface area (Å²) in [5.41, 5.74) is -0.466. The van der Waals surface area contributed by atoms with E-state index in [4.69, 9.17) is 10.2 Å². The Bertz CT molecular complexity index is 320. The normalized spacial score (nSPS) is 10.8. The topological polar surface area (TPSA) is 53.4 Å². The van der Waals surface area contributed by atoms with E-state index in [2.05, 4.69) is 20.9 Å². The first kappa shape index (κ1) is 10.3. The molecule has 0 fully saturated rings. The van der Waals surface area contributed by atoms with Crippen molar-refractivity contribution in [3.63, 3.8) is 0 Å². The summed E-state index contributed by atoms with van der Waals surface area (Å²) in [5.74, 6) is -0.307. The molecule has 0 radical (unpaired) electrons. The first-order valence-corrected chi connectivity index (χ1v) is 4.12. The number of alkyl halides is 2. The molecule has 0 aliphatic carbocycles. The highest BCUT2D eigenvalue weighted by molar-refractivity contribution is 9.10. The molecule has 6 heteroatoms. The molecule has 3 nitrogen and oxygen atoms in total. The number of aromatic nitrogens is 1. The molecule has 0 unspecified atom stereocenters. The number of pyridine rings is 1. The molecule has 0 saturated carbocycles. The molecule has 0 amide bonds. The van der Waals surface area contributed by atoms with Gasteiger partial charge in [0, 0.05) is 5.56 Å². The van der Waals surface area contributed by atoms with Gasteiger partial charge in [0.05, 0.1) is 17.3 Å². The molecule has 0 aliphatic rings. The van der Waals surface area contributed by atoms with Gasteiger partial charge < -0.3 is 10.2 Å². The lowest BCUT2D eigenvalue weighted by Gasteiger charge is -2.07. The van der Waals surface area contributed by atoms with E-state index >= 15 is 0 Å². The van der Waals surface area contributed by atoms with Crippen molar-refractivity contribution in [1.82, 2.24) is 4.98 Å². The fourth-order valence-corrected chi connectivity index (χ4v) is 1.44. The molecule has 0 aliphatic heterocycles. The summed E-state index contributed by atoms with van der Waals surface area (Å²) in [7, 11) is 0. The number of hydrogen-bond donors (Lipinski definition) is 2. The van der Waals surface area contributed by atoms with Gasteiger partial charge in [0.2, 0.25) is 0 Å². The lowest BCUT2D eigenvalue weighted by Crippen LogP contribution is -1.97. The van der Waals surface area contributed by atoms with Gasteiger partial charge in [-0.05, 0) is 15.9 Å². The van der Waals surface area contributed by atoms with E-state index in [-0.39, 0.29) is 15.8 Å². The zero-order valence-corrected chi connectivity index (χ0v) is 7.92. The Balaban J connectivity index is 3.27. The summed E-state index contributed by atoms with van der Waals surface area (Å²) in [6, 6.07) is 0. The van der Waals surface area contributed by atoms with Crippen LogP contribution in [0.25, 0.3) is 0 Å². The molecule has 1 rings (SSSR count). The number of nitrogens with zero attached hydrogens (tertiary/aromatic N) is 1. The largest absolute Gasteiger partial charge is 0.506 e. The van der Waals surface area contributed by atoms with Crippen molar-refractivity contribution in [1.29, 1.82) is 0 Å². The Morgan fingerprint density at radius 2 is 2.15 bits per heavy atom. The minimum Gasteiger partial charge on any atom is -0.506 e. The summed E-state index contributed by atoms with van der Waals surface area (Å²) in [6.07, 6.45) is -1.85. The average Bonchev–Trinajstić information content (AvgIpc) is 2.04. The van der Waals surface area contributed by atoms with Gasteiger partial charge in [0.15, 0.2) is 0 Å². The first-order chi connectivity index (χ1) is 6.07. The van der Waals surface area contributed by atoms with E-state index in [1.807, 2.05) is 0 Å². The highest BCUT2D eigenvalue weighted by Crippen LogP contribution is 2.32. The number of aromatic hydroxyl groups is 1. The zero-order chi connectivity index (χ0) is 10.0. The Morgan fingerprint density at radius 1 is 1.54 bits per heavy atom. The Hall–Kier alpha value is -0.750. The lowest BCUT2D eigenvalue weighted by atomic mass is 10.2. The number of aliphatic hydroxyl groups is 1. The lowest BCUT2D eigenvalue weighted by molar-refractivity contribution is 0.144. The van der Waals surface area contributed by atoms with Crippen LogP contribution in [-0.4, -0.2) is 15.2 Å². The van der Waals surface area contributed by atoms with Gasteiger partial charge in [-0.2, -0.15) is 0 Å².